The van der Waals surface area contributed by atoms with E-state index in [1.54, 1.807) is 0 Å². The molecule has 5 atom stereocenters. The van der Waals surface area contributed by atoms with Gasteiger partial charge in [-0.2, -0.15) is 0 Å². The first-order valence-electron chi connectivity index (χ1n) is 16.4. The molecule has 0 heterocycles. The van der Waals surface area contributed by atoms with Gasteiger partial charge in [-0.1, -0.05) is 129 Å². The quantitative estimate of drug-likeness (QED) is 0.112. The summed E-state index contributed by atoms with van der Waals surface area (Å²) in [5.41, 5.74) is 0. The molecular weight excluding hydrogens is 428 g/mol. The van der Waals surface area contributed by atoms with E-state index >= 15 is 0 Å². The normalized spacial score (nSPS) is 26.9. The largest absolute Gasteiger partial charge is 0.465 e. The third-order valence-corrected chi connectivity index (χ3v) is 10.0. The van der Waals surface area contributed by atoms with E-state index in [1.807, 2.05) is 0 Å². The SMILES string of the molecule is CCCCCCCCCCCCCCCCCCCCCC(=O)OCC1CC2CC1C1CCCC21. The Morgan fingerprint density at radius 3 is 1.63 bits per heavy atom. The zero-order valence-corrected chi connectivity index (χ0v) is 23.6. The highest BCUT2D eigenvalue weighted by atomic mass is 16.5. The van der Waals surface area contributed by atoms with Gasteiger partial charge in [0.05, 0.1) is 6.61 Å². The van der Waals surface area contributed by atoms with Gasteiger partial charge < -0.3 is 4.74 Å². The van der Waals surface area contributed by atoms with Crippen LogP contribution in [0.1, 0.15) is 167 Å². The van der Waals surface area contributed by atoms with Gasteiger partial charge in [0.15, 0.2) is 0 Å². The van der Waals surface area contributed by atoms with E-state index in [4.69, 9.17) is 4.74 Å². The Labute approximate surface area is 219 Å². The molecule has 2 nitrogen and oxygen atoms in total. The summed E-state index contributed by atoms with van der Waals surface area (Å²) in [6.45, 7) is 3.02. The zero-order valence-electron chi connectivity index (χ0n) is 23.6. The second-order valence-electron chi connectivity index (χ2n) is 12.7. The van der Waals surface area contributed by atoms with E-state index in [9.17, 15) is 4.79 Å². The molecule has 5 unspecified atom stereocenters. The van der Waals surface area contributed by atoms with Gasteiger partial charge in [0.25, 0.3) is 0 Å². The van der Waals surface area contributed by atoms with Crippen LogP contribution in [0.4, 0.5) is 0 Å². The fourth-order valence-electron chi connectivity index (χ4n) is 8.02. The first-order valence-corrected chi connectivity index (χ1v) is 16.4. The lowest BCUT2D eigenvalue weighted by molar-refractivity contribution is -0.146. The van der Waals surface area contributed by atoms with Gasteiger partial charge in [0, 0.05) is 6.42 Å². The lowest BCUT2D eigenvalue weighted by Crippen LogP contribution is -2.28. The number of ether oxygens (including phenoxy) is 1. The zero-order chi connectivity index (χ0) is 24.6. The topological polar surface area (TPSA) is 26.3 Å². The predicted molar refractivity (Wildman–Crippen MR) is 150 cm³/mol. The third kappa shape index (κ3) is 10.8. The number of hydrogen-bond acceptors (Lipinski definition) is 2. The van der Waals surface area contributed by atoms with Crippen molar-refractivity contribution < 1.29 is 9.53 Å². The van der Waals surface area contributed by atoms with Crippen LogP contribution in [0.15, 0.2) is 0 Å². The number of esters is 1. The summed E-state index contributed by atoms with van der Waals surface area (Å²) >= 11 is 0. The molecule has 0 aromatic heterocycles. The monoisotopic (exact) mass is 488 g/mol. The average Bonchev–Trinajstić information content (AvgIpc) is 3.58. The van der Waals surface area contributed by atoms with Crippen LogP contribution >= 0.6 is 0 Å². The van der Waals surface area contributed by atoms with Crippen molar-refractivity contribution in [1.82, 2.24) is 0 Å². The maximum absolute atomic E-state index is 12.2. The summed E-state index contributed by atoms with van der Waals surface area (Å²) < 4.78 is 5.73. The summed E-state index contributed by atoms with van der Waals surface area (Å²) in [4.78, 5) is 12.2. The first-order chi connectivity index (χ1) is 17.3. The van der Waals surface area contributed by atoms with Gasteiger partial charge in [-0.05, 0) is 61.7 Å². The van der Waals surface area contributed by atoms with E-state index in [1.165, 1.54) is 148 Å². The Kier molecular flexibility index (Phi) is 14.8. The number of rotatable bonds is 22. The van der Waals surface area contributed by atoms with E-state index in [-0.39, 0.29) is 5.97 Å². The molecule has 0 aliphatic heterocycles. The molecule has 3 saturated carbocycles. The number of carbonyl (C=O) groups excluding carboxylic acids is 1. The highest BCUT2D eigenvalue weighted by molar-refractivity contribution is 5.69. The summed E-state index contributed by atoms with van der Waals surface area (Å²) in [7, 11) is 0. The molecule has 2 bridgehead atoms. The minimum absolute atomic E-state index is 0.0720. The fourth-order valence-corrected chi connectivity index (χ4v) is 8.02. The molecule has 0 radical (unpaired) electrons. The van der Waals surface area contributed by atoms with Gasteiger partial charge in [0.1, 0.15) is 0 Å². The first kappa shape index (κ1) is 29.0. The van der Waals surface area contributed by atoms with Crippen LogP contribution in [0.5, 0.6) is 0 Å². The second kappa shape index (κ2) is 17.8. The second-order valence-corrected chi connectivity index (χ2v) is 12.7. The molecule has 35 heavy (non-hydrogen) atoms. The number of hydrogen-bond donors (Lipinski definition) is 0. The van der Waals surface area contributed by atoms with Crippen LogP contribution in [-0.2, 0) is 9.53 Å². The molecule has 0 aromatic rings. The van der Waals surface area contributed by atoms with Crippen molar-refractivity contribution in [2.45, 2.75) is 167 Å². The minimum Gasteiger partial charge on any atom is -0.465 e. The number of unbranched alkanes of at least 4 members (excludes halogenated alkanes) is 18. The Hall–Kier alpha value is -0.530. The molecule has 3 fully saturated rings. The molecule has 2 heteroatoms. The van der Waals surface area contributed by atoms with Crippen molar-refractivity contribution in [3.8, 4) is 0 Å². The van der Waals surface area contributed by atoms with E-state index < -0.39 is 0 Å². The Morgan fingerprint density at radius 1 is 0.600 bits per heavy atom. The van der Waals surface area contributed by atoms with E-state index in [2.05, 4.69) is 6.92 Å². The van der Waals surface area contributed by atoms with Crippen molar-refractivity contribution >= 4 is 5.97 Å². The molecule has 204 valence electrons. The maximum atomic E-state index is 12.2. The number of fused-ring (bicyclic) bond motifs is 5. The van der Waals surface area contributed by atoms with Gasteiger partial charge in [0.2, 0.25) is 0 Å². The summed E-state index contributed by atoms with van der Waals surface area (Å²) in [6, 6.07) is 0. The van der Waals surface area contributed by atoms with Gasteiger partial charge in [-0.15, -0.1) is 0 Å². The summed E-state index contributed by atoms with van der Waals surface area (Å²) in [5, 5.41) is 0. The highest BCUT2D eigenvalue weighted by Crippen LogP contribution is 2.60. The van der Waals surface area contributed by atoms with Crippen LogP contribution in [0.25, 0.3) is 0 Å². The molecule has 0 saturated heterocycles. The van der Waals surface area contributed by atoms with Crippen LogP contribution in [0.3, 0.4) is 0 Å². The van der Waals surface area contributed by atoms with Crippen molar-refractivity contribution in [3.05, 3.63) is 0 Å². The lowest BCUT2D eigenvalue weighted by atomic mass is 9.76. The minimum atomic E-state index is 0.0720. The van der Waals surface area contributed by atoms with E-state index in [0.29, 0.717) is 12.3 Å². The molecule has 3 aliphatic rings. The average molecular weight is 489 g/mol. The van der Waals surface area contributed by atoms with Crippen LogP contribution in [0.2, 0.25) is 0 Å². The van der Waals surface area contributed by atoms with Crippen LogP contribution < -0.4 is 0 Å². The summed E-state index contributed by atoms with van der Waals surface area (Å²) in [6.07, 6.45) is 34.3. The van der Waals surface area contributed by atoms with Crippen molar-refractivity contribution in [1.29, 1.82) is 0 Å². The Morgan fingerprint density at radius 2 is 1.09 bits per heavy atom. The molecule has 3 aliphatic carbocycles. The molecule has 0 spiro atoms. The predicted octanol–water partition coefficient (Wildman–Crippen LogP) is 10.4. The van der Waals surface area contributed by atoms with Gasteiger partial charge in [-0.3, -0.25) is 4.79 Å². The lowest BCUT2D eigenvalue weighted by Gasteiger charge is -2.31. The molecule has 0 N–H and O–H groups in total. The smallest absolute Gasteiger partial charge is 0.305 e. The van der Waals surface area contributed by atoms with Gasteiger partial charge >= 0.3 is 5.97 Å². The van der Waals surface area contributed by atoms with Crippen molar-refractivity contribution in [3.63, 3.8) is 0 Å². The maximum Gasteiger partial charge on any atom is 0.305 e. The standard InChI is InChI=1S/C33H60O2/c1-2-3-4-5-6-7-8-9-10-11-12-13-14-15-16-17-18-19-20-24-33(34)35-27-29-25-28-26-32(29)31-23-21-22-30(28)31/h28-32H,2-27H2,1H3. The fraction of sp³-hybridized carbons (Fsp3) is 0.970. The molecule has 3 rings (SSSR count). The van der Waals surface area contributed by atoms with Gasteiger partial charge in [-0.25, -0.2) is 0 Å². The van der Waals surface area contributed by atoms with Crippen molar-refractivity contribution in [2.24, 2.45) is 29.6 Å². The van der Waals surface area contributed by atoms with Crippen LogP contribution in [-0.4, -0.2) is 12.6 Å². The Balaban J connectivity index is 1.00. The Bertz CT molecular complexity index is 543. The van der Waals surface area contributed by atoms with Crippen LogP contribution in [0, 0.1) is 29.6 Å². The number of carbonyl (C=O) groups is 1. The molecule has 0 aromatic carbocycles. The highest BCUT2D eigenvalue weighted by Gasteiger charge is 2.53. The third-order valence-electron chi connectivity index (χ3n) is 10.0. The molecule has 0 amide bonds. The van der Waals surface area contributed by atoms with E-state index in [0.717, 1.165) is 36.7 Å². The summed E-state index contributed by atoms with van der Waals surface area (Å²) in [5.74, 6) is 4.64. The molecular formula is C33H60O2. The van der Waals surface area contributed by atoms with Crippen molar-refractivity contribution in [2.75, 3.05) is 6.61 Å².